The summed E-state index contributed by atoms with van der Waals surface area (Å²) >= 11 is 0. The van der Waals surface area contributed by atoms with Gasteiger partial charge in [0.15, 0.2) is 5.78 Å². The van der Waals surface area contributed by atoms with Gasteiger partial charge in [-0.2, -0.15) is 0 Å². The summed E-state index contributed by atoms with van der Waals surface area (Å²) in [6.07, 6.45) is 7.98. The molecule has 1 fully saturated rings. The molecule has 6 heteroatoms. The van der Waals surface area contributed by atoms with Crippen LogP contribution in [-0.4, -0.2) is 46.8 Å². The summed E-state index contributed by atoms with van der Waals surface area (Å²) in [5.74, 6) is -0.437. The number of fused-ring (bicyclic) bond motifs is 1. The van der Waals surface area contributed by atoms with Crippen LogP contribution in [-0.2, 0) is 6.42 Å². The molecule has 4 aromatic rings. The number of hydrogen-bond acceptors (Lipinski definition) is 5. The fourth-order valence-corrected chi connectivity index (χ4v) is 4.43. The number of Topliss-reactive ketones (excluding diaryl/α,β-unsaturated/α-hetero) is 1. The standard InChI is InChI=1S/C28H27FN4O/c1-33-10-8-25(9-11-33)32-27-14-23(16-30-18-27)20-2-3-21-17-31-26(13-22(21)12-20)15-28(34)19-4-6-24(29)7-5-19/h2-7,12-14,16-18,25,32H,8-11,15H2,1H3. The maximum Gasteiger partial charge on any atom is 0.168 e. The minimum atomic E-state index is -0.354. The summed E-state index contributed by atoms with van der Waals surface area (Å²) in [7, 11) is 2.16. The van der Waals surface area contributed by atoms with E-state index < -0.39 is 0 Å². The predicted molar refractivity (Wildman–Crippen MR) is 134 cm³/mol. The average Bonchev–Trinajstić information content (AvgIpc) is 2.85. The van der Waals surface area contributed by atoms with Crippen LogP contribution in [0.5, 0.6) is 0 Å². The molecule has 1 saturated heterocycles. The van der Waals surface area contributed by atoms with Gasteiger partial charge in [0.05, 0.1) is 12.1 Å². The van der Waals surface area contributed by atoms with Crippen molar-refractivity contribution in [1.82, 2.24) is 14.9 Å². The zero-order chi connectivity index (χ0) is 23.5. The maximum atomic E-state index is 13.2. The lowest BCUT2D eigenvalue weighted by atomic mass is 10.0. The van der Waals surface area contributed by atoms with Crippen LogP contribution in [0.25, 0.3) is 21.9 Å². The zero-order valence-electron chi connectivity index (χ0n) is 19.2. The van der Waals surface area contributed by atoms with E-state index in [1.165, 1.54) is 24.3 Å². The van der Waals surface area contributed by atoms with Gasteiger partial charge in [-0.25, -0.2) is 4.39 Å². The second-order valence-electron chi connectivity index (χ2n) is 9.03. The number of aromatic nitrogens is 2. The fraction of sp³-hybridized carbons (Fsp3) is 0.250. The number of hydrogen-bond donors (Lipinski definition) is 1. The first kappa shape index (κ1) is 22.2. The normalized spacial score (nSPS) is 14.9. The minimum Gasteiger partial charge on any atom is -0.381 e. The molecular weight excluding hydrogens is 427 g/mol. The van der Waals surface area contributed by atoms with Gasteiger partial charge in [-0.1, -0.05) is 12.1 Å². The maximum absolute atomic E-state index is 13.2. The molecule has 3 heterocycles. The average molecular weight is 455 g/mol. The van der Waals surface area contributed by atoms with E-state index in [-0.39, 0.29) is 18.0 Å². The molecule has 0 saturated carbocycles. The van der Waals surface area contributed by atoms with Crippen molar-refractivity contribution in [2.45, 2.75) is 25.3 Å². The van der Waals surface area contributed by atoms with Crippen LogP contribution in [0.3, 0.4) is 0 Å². The van der Waals surface area contributed by atoms with Crippen molar-refractivity contribution in [3.05, 3.63) is 90.3 Å². The van der Waals surface area contributed by atoms with Crippen LogP contribution in [0.2, 0.25) is 0 Å². The van der Waals surface area contributed by atoms with E-state index in [1.54, 1.807) is 6.20 Å². The Bertz CT molecular complexity index is 1310. The molecule has 0 atom stereocenters. The number of rotatable bonds is 6. The number of benzene rings is 2. The van der Waals surface area contributed by atoms with Gasteiger partial charge in [0.25, 0.3) is 0 Å². The van der Waals surface area contributed by atoms with Crippen molar-refractivity contribution < 1.29 is 9.18 Å². The highest BCUT2D eigenvalue weighted by molar-refractivity contribution is 5.98. The molecule has 2 aromatic carbocycles. The van der Waals surface area contributed by atoms with Crippen LogP contribution < -0.4 is 5.32 Å². The van der Waals surface area contributed by atoms with Crippen LogP contribution in [0.4, 0.5) is 10.1 Å². The van der Waals surface area contributed by atoms with Crippen LogP contribution in [0.15, 0.2) is 73.2 Å². The first-order valence-electron chi connectivity index (χ1n) is 11.6. The summed E-state index contributed by atoms with van der Waals surface area (Å²) in [6, 6.07) is 16.4. The molecule has 0 bridgehead atoms. The molecule has 1 aliphatic heterocycles. The Morgan fingerprint density at radius 2 is 1.76 bits per heavy atom. The number of likely N-dealkylation sites (tertiary alicyclic amines) is 1. The molecule has 2 aromatic heterocycles. The smallest absolute Gasteiger partial charge is 0.168 e. The van der Waals surface area contributed by atoms with E-state index in [0.717, 1.165) is 53.5 Å². The number of carbonyl (C=O) groups is 1. The molecule has 0 aliphatic carbocycles. The lowest BCUT2D eigenvalue weighted by Crippen LogP contribution is -2.36. The fourth-order valence-electron chi connectivity index (χ4n) is 4.43. The van der Waals surface area contributed by atoms with Crippen molar-refractivity contribution >= 4 is 22.2 Å². The lowest BCUT2D eigenvalue weighted by molar-refractivity contribution is 0.0992. The van der Waals surface area contributed by atoms with Gasteiger partial charge in [0, 0.05) is 46.8 Å². The summed E-state index contributed by atoms with van der Waals surface area (Å²) < 4.78 is 13.2. The first-order valence-corrected chi connectivity index (χ1v) is 11.6. The summed E-state index contributed by atoms with van der Waals surface area (Å²) in [5.41, 5.74) is 4.31. The highest BCUT2D eigenvalue weighted by Crippen LogP contribution is 2.27. The number of piperidine rings is 1. The number of carbonyl (C=O) groups excluding carboxylic acids is 1. The van der Waals surface area contributed by atoms with Crippen LogP contribution in [0.1, 0.15) is 28.9 Å². The quantitative estimate of drug-likeness (QED) is 0.397. The third-order valence-corrected chi connectivity index (χ3v) is 6.45. The monoisotopic (exact) mass is 454 g/mol. The zero-order valence-corrected chi connectivity index (χ0v) is 19.2. The summed E-state index contributed by atoms with van der Waals surface area (Å²) in [5, 5.41) is 5.66. The third-order valence-electron chi connectivity index (χ3n) is 6.45. The van der Waals surface area contributed by atoms with E-state index >= 15 is 0 Å². The van der Waals surface area contributed by atoms with Gasteiger partial charge in [0.1, 0.15) is 5.82 Å². The van der Waals surface area contributed by atoms with Gasteiger partial charge >= 0.3 is 0 Å². The third kappa shape index (κ3) is 5.13. The highest BCUT2D eigenvalue weighted by atomic mass is 19.1. The largest absolute Gasteiger partial charge is 0.381 e. The molecule has 5 nitrogen and oxygen atoms in total. The lowest BCUT2D eigenvalue weighted by Gasteiger charge is -2.30. The van der Waals surface area contributed by atoms with Gasteiger partial charge in [-0.15, -0.1) is 0 Å². The number of nitrogens with zero attached hydrogens (tertiary/aromatic N) is 3. The molecule has 0 unspecified atom stereocenters. The Labute approximate surface area is 198 Å². The van der Waals surface area contributed by atoms with E-state index in [1.807, 2.05) is 24.5 Å². The Morgan fingerprint density at radius 1 is 0.971 bits per heavy atom. The molecule has 5 rings (SSSR count). The SMILES string of the molecule is CN1CCC(Nc2cncc(-c3ccc4cnc(CC(=O)c5ccc(F)cc5)cc4c3)c2)CC1. The highest BCUT2D eigenvalue weighted by Gasteiger charge is 2.16. The van der Waals surface area contributed by atoms with Crippen molar-refractivity contribution in [1.29, 1.82) is 0 Å². The molecular formula is C28H27FN4O. The van der Waals surface area contributed by atoms with Crippen LogP contribution in [0, 0.1) is 5.82 Å². The van der Waals surface area contributed by atoms with E-state index in [2.05, 4.69) is 45.4 Å². The Morgan fingerprint density at radius 3 is 2.56 bits per heavy atom. The van der Waals surface area contributed by atoms with E-state index in [9.17, 15) is 9.18 Å². The minimum absolute atomic E-state index is 0.0834. The predicted octanol–water partition coefficient (Wildman–Crippen LogP) is 5.37. The topological polar surface area (TPSA) is 58.1 Å². The van der Waals surface area contributed by atoms with Gasteiger partial charge in [-0.05, 0) is 86.4 Å². The summed E-state index contributed by atoms with van der Waals surface area (Å²) in [6.45, 7) is 2.21. The van der Waals surface area contributed by atoms with Gasteiger partial charge < -0.3 is 10.2 Å². The molecule has 0 amide bonds. The number of pyridine rings is 2. The molecule has 34 heavy (non-hydrogen) atoms. The molecule has 0 spiro atoms. The second kappa shape index (κ2) is 9.69. The Hall–Kier alpha value is -3.64. The van der Waals surface area contributed by atoms with Gasteiger partial charge in [-0.3, -0.25) is 14.8 Å². The number of nitrogens with one attached hydrogen (secondary N) is 1. The Balaban J connectivity index is 1.35. The van der Waals surface area contributed by atoms with Crippen molar-refractivity contribution in [2.75, 3.05) is 25.5 Å². The molecule has 172 valence electrons. The van der Waals surface area contributed by atoms with Crippen LogP contribution >= 0.6 is 0 Å². The molecule has 1 aliphatic rings. The van der Waals surface area contributed by atoms with Crippen molar-refractivity contribution in [2.24, 2.45) is 0 Å². The van der Waals surface area contributed by atoms with Crippen molar-refractivity contribution in [3.63, 3.8) is 0 Å². The number of anilines is 1. The number of halogens is 1. The second-order valence-corrected chi connectivity index (χ2v) is 9.03. The molecule has 0 radical (unpaired) electrons. The van der Waals surface area contributed by atoms with Crippen molar-refractivity contribution in [3.8, 4) is 11.1 Å². The Kier molecular flexibility index (Phi) is 6.32. The first-order chi connectivity index (χ1) is 16.5. The number of ketones is 1. The molecule has 1 N–H and O–H groups in total. The van der Waals surface area contributed by atoms with E-state index in [4.69, 9.17) is 0 Å². The van der Waals surface area contributed by atoms with E-state index in [0.29, 0.717) is 17.3 Å². The van der Waals surface area contributed by atoms with Gasteiger partial charge in [0.2, 0.25) is 0 Å². The summed E-state index contributed by atoms with van der Waals surface area (Å²) in [4.78, 5) is 23.9.